The lowest BCUT2D eigenvalue weighted by atomic mass is 10.1. The topological polar surface area (TPSA) is 273 Å². The van der Waals surface area contributed by atoms with Gasteiger partial charge in [0.25, 0.3) is 0 Å². The van der Waals surface area contributed by atoms with Crippen LogP contribution in [0.2, 0.25) is 0 Å². The van der Waals surface area contributed by atoms with E-state index in [0.29, 0.717) is 118 Å². The van der Waals surface area contributed by atoms with Crippen LogP contribution in [0.3, 0.4) is 0 Å². The normalized spacial score (nSPS) is 11.4. The molecule has 0 aromatic heterocycles. The van der Waals surface area contributed by atoms with E-state index in [4.69, 9.17) is 49.4 Å². The molecule has 0 aliphatic rings. The first-order chi connectivity index (χ1) is 31.9. The molecular weight excluding hydrogens is 884 g/mol. The molecule has 0 radical (unpaired) electrons. The van der Waals surface area contributed by atoms with Gasteiger partial charge >= 0.3 is 5.97 Å². The molecular formula is C43H74F4N6O13. The summed E-state index contributed by atoms with van der Waals surface area (Å²) in [4.78, 5) is 58.5. The molecule has 0 aliphatic carbocycles. The van der Waals surface area contributed by atoms with E-state index in [-0.39, 0.29) is 76.4 Å². The maximum absolute atomic E-state index is 14.0. The van der Waals surface area contributed by atoms with Crippen molar-refractivity contribution in [3.8, 4) is 5.75 Å². The molecule has 66 heavy (non-hydrogen) atoms. The molecule has 1 atom stereocenters. The summed E-state index contributed by atoms with van der Waals surface area (Å²) in [7, 11) is 0. The summed E-state index contributed by atoms with van der Waals surface area (Å²) in [5, 5.41) is 8.67. The summed E-state index contributed by atoms with van der Waals surface area (Å²) in [5.41, 5.74) is 14.1. The van der Waals surface area contributed by atoms with Crippen LogP contribution in [-0.4, -0.2) is 155 Å². The highest BCUT2D eigenvalue weighted by molar-refractivity contribution is 5.87. The van der Waals surface area contributed by atoms with Crippen LogP contribution in [-0.2, 0) is 57.1 Å². The Balaban J connectivity index is 0.0000137. The summed E-state index contributed by atoms with van der Waals surface area (Å²) in [6.07, 6.45) is 6.56. The molecule has 4 amide bonds. The van der Waals surface area contributed by atoms with E-state index < -0.39 is 46.6 Å². The van der Waals surface area contributed by atoms with Gasteiger partial charge in [-0.05, 0) is 58.3 Å². The Bertz CT molecular complexity index is 1430. The third-order valence-electron chi connectivity index (χ3n) is 8.95. The first kappa shape index (κ1) is 61.9. The molecule has 1 aromatic carbocycles. The van der Waals surface area contributed by atoms with Gasteiger partial charge in [-0.3, -0.25) is 24.0 Å². The smallest absolute Gasteiger partial charge is 0.313 e. The van der Waals surface area contributed by atoms with Gasteiger partial charge in [0.15, 0.2) is 17.5 Å². The number of amides is 4. The van der Waals surface area contributed by atoms with Gasteiger partial charge in [-0.25, -0.2) is 13.2 Å². The highest BCUT2D eigenvalue weighted by Crippen LogP contribution is 2.29. The number of carbonyl (C=O) groups excluding carboxylic acids is 5. The Kier molecular flexibility index (Phi) is 40.8. The van der Waals surface area contributed by atoms with Crippen LogP contribution < -0.4 is 37.9 Å². The van der Waals surface area contributed by atoms with Crippen molar-refractivity contribution in [2.75, 3.05) is 119 Å². The quantitative estimate of drug-likeness (QED) is 0.0104. The van der Waals surface area contributed by atoms with Crippen molar-refractivity contribution in [1.82, 2.24) is 16.0 Å². The Morgan fingerprint density at radius 1 is 0.530 bits per heavy atom. The van der Waals surface area contributed by atoms with E-state index in [9.17, 15) is 36.7 Å². The molecule has 0 saturated heterocycles. The van der Waals surface area contributed by atoms with E-state index in [1.54, 1.807) is 0 Å². The van der Waals surface area contributed by atoms with Gasteiger partial charge in [-0.1, -0.05) is 6.42 Å². The van der Waals surface area contributed by atoms with E-state index in [2.05, 4.69) is 26.4 Å². The Hall–Kier alpha value is -4.07. The third-order valence-corrected chi connectivity index (χ3v) is 8.95. The first-order valence-corrected chi connectivity index (χ1v) is 22.4. The van der Waals surface area contributed by atoms with Gasteiger partial charge in [-0.2, -0.15) is 4.39 Å². The van der Waals surface area contributed by atoms with Crippen LogP contribution in [0.15, 0.2) is 0 Å². The number of ether oxygens (including phenoxy) is 8. The zero-order valence-corrected chi connectivity index (χ0v) is 38.4. The number of rotatable bonds is 42. The molecule has 0 bridgehead atoms. The summed E-state index contributed by atoms with van der Waals surface area (Å²) in [6.45, 7) is 7.51. The lowest BCUT2D eigenvalue weighted by molar-refractivity contribution is -0.136. The minimum Gasteiger partial charge on any atom is -0.420 e. The number of hydrogen-bond acceptors (Lipinski definition) is 15. The molecule has 1 rings (SSSR count). The zero-order valence-electron chi connectivity index (χ0n) is 38.4. The first-order valence-electron chi connectivity index (χ1n) is 22.4. The monoisotopic (exact) mass is 959 g/mol. The standard InChI is InChI=1S/C42H71F4N5O12.CH3NO/c1-32-37(43)39(45)40(46)41(38(32)44)63-36(54)13-21-59-27-31-62-30-25-57-19-9-3-6-17-50-42(55)33(51-35(53)11-4-2-8-18-56-24-28-60-22-14-47)10-5-7-16-49-34(52)12-20-58-26-29-61-23-15-48;2-1-3/h33H,2-31,47-48H2,1H3,(H,49,52)(H,50,55)(H,51,53);1H,(H2,2,3). The summed E-state index contributed by atoms with van der Waals surface area (Å²) in [5.74, 6) is -10.0. The second-order valence-corrected chi connectivity index (χ2v) is 14.3. The number of hydrogen-bond donors (Lipinski definition) is 6. The summed E-state index contributed by atoms with van der Waals surface area (Å²) < 4.78 is 96.9. The molecule has 23 heteroatoms. The fraction of sp³-hybridized carbons (Fsp3) is 0.744. The average molecular weight is 959 g/mol. The van der Waals surface area contributed by atoms with Crippen LogP contribution in [0.1, 0.15) is 82.6 Å². The highest BCUT2D eigenvalue weighted by atomic mass is 19.2. The van der Waals surface area contributed by atoms with Crippen LogP contribution in [0.25, 0.3) is 0 Å². The molecule has 9 N–H and O–H groups in total. The molecule has 0 fully saturated rings. The van der Waals surface area contributed by atoms with Crippen molar-refractivity contribution < 1.29 is 79.4 Å². The van der Waals surface area contributed by atoms with Crippen LogP contribution in [0.4, 0.5) is 17.6 Å². The fourth-order valence-corrected chi connectivity index (χ4v) is 5.48. The van der Waals surface area contributed by atoms with Gasteiger partial charge in [0.2, 0.25) is 35.7 Å². The van der Waals surface area contributed by atoms with Crippen molar-refractivity contribution in [3.63, 3.8) is 0 Å². The average Bonchev–Trinajstić information content (AvgIpc) is 3.30. The van der Waals surface area contributed by atoms with E-state index >= 15 is 0 Å². The third kappa shape index (κ3) is 33.4. The number of halogens is 4. The number of primary amides is 1. The molecule has 0 spiro atoms. The number of unbranched alkanes of at least 4 members (excludes halogenated alkanes) is 5. The van der Waals surface area contributed by atoms with Crippen molar-refractivity contribution in [1.29, 1.82) is 0 Å². The van der Waals surface area contributed by atoms with E-state index in [1.807, 2.05) is 0 Å². The Morgan fingerprint density at radius 2 is 1.00 bits per heavy atom. The SMILES string of the molecule is Cc1c(F)c(F)c(F)c(OC(=O)CCOCCOCCOCCCCCNC(=O)C(CCCCNC(=O)CCOCCOCCN)NC(=O)CCCCCOCCOCCN)c1F.NC=O. The Labute approximate surface area is 385 Å². The van der Waals surface area contributed by atoms with Gasteiger partial charge in [0.05, 0.1) is 85.7 Å². The lowest BCUT2D eigenvalue weighted by Crippen LogP contribution is -2.47. The van der Waals surface area contributed by atoms with Gasteiger partial charge in [0.1, 0.15) is 6.04 Å². The predicted molar refractivity (Wildman–Crippen MR) is 234 cm³/mol. The molecule has 19 nitrogen and oxygen atoms in total. The van der Waals surface area contributed by atoms with E-state index in [1.165, 1.54) is 0 Å². The molecule has 0 saturated carbocycles. The van der Waals surface area contributed by atoms with Crippen LogP contribution in [0.5, 0.6) is 5.75 Å². The van der Waals surface area contributed by atoms with Gasteiger partial charge in [0, 0.05) is 57.8 Å². The number of benzene rings is 1. The lowest BCUT2D eigenvalue weighted by Gasteiger charge is -2.19. The number of carbonyl (C=O) groups is 5. The fourth-order valence-electron chi connectivity index (χ4n) is 5.48. The van der Waals surface area contributed by atoms with Crippen molar-refractivity contribution >= 4 is 30.1 Å². The number of esters is 1. The molecule has 0 aliphatic heterocycles. The minimum absolute atomic E-state index is 0.113. The largest absolute Gasteiger partial charge is 0.420 e. The highest BCUT2D eigenvalue weighted by Gasteiger charge is 2.26. The maximum Gasteiger partial charge on any atom is 0.313 e. The van der Waals surface area contributed by atoms with E-state index in [0.717, 1.165) is 32.6 Å². The van der Waals surface area contributed by atoms with Crippen molar-refractivity contribution in [2.24, 2.45) is 17.2 Å². The molecule has 1 unspecified atom stereocenters. The summed E-state index contributed by atoms with van der Waals surface area (Å²) in [6, 6.07) is -0.702. The molecule has 0 heterocycles. The molecule has 382 valence electrons. The Morgan fingerprint density at radius 3 is 1.56 bits per heavy atom. The maximum atomic E-state index is 14.0. The number of nitrogens with two attached hydrogens (primary N) is 3. The van der Waals surface area contributed by atoms with Crippen molar-refractivity contribution in [2.45, 2.75) is 90.0 Å². The van der Waals surface area contributed by atoms with Crippen LogP contribution in [0, 0.1) is 30.2 Å². The van der Waals surface area contributed by atoms with Gasteiger partial charge < -0.3 is 71.0 Å². The van der Waals surface area contributed by atoms with Crippen LogP contribution >= 0.6 is 0 Å². The predicted octanol–water partition coefficient (Wildman–Crippen LogP) is 1.99. The molecule has 1 aromatic rings. The summed E-state index contributed by atoms with van der Waals surface area (Å²) >= 11 is 0. The van der Waals surface area contributed by atoms with Crippen molar-refractivity contribution in [3.05, 3.63) is 28.8 Å². The number of nitrogens with one attached hydrogen (secondary N) is 3. The second-order valence-electron chi connectivity index (χ2n) is 14.3. The van der Waals surface area contributed by atoms with Gasteiger partial charge in [-0.15, -0.1) is 0 Å². The zero-order chi connectivity index (χ0) is 49.0. The second kappa shape index (κ2) is 43.5. The minimum atomic E-state index is -1.93.